The van der Waals surface area contributed by atoms with Crippen molar-refractivity contribution < 1.29 is 18.3 Å². The summed E-state index contributed by atoms with van der Waals surface area (Å²) in [6.07, 6.45) is 3.76. The zero-order valence-electron chi connectivity index (χ0n) is 17.6. The summed E-state index contributed by atoms with van der Waals surface area (Å²) in [6.45, 7) is 2.09. The Balaban J connectivity index is 1.58. The lowest BCUT2D eigenvalue weighted by Gasteiger charge is -2.15. The maximum Gasteiger partial charge on any atom is 0.316 e. The minimum Gasteiger partial charge on any atom is -0.465 e. The summed E-state index contributed by atoms with van der Waals surface area (Å²) < 4.78 is 34.9. The standard InChI is InChI=1S/C23H18ClF2N5O2/c1-2-33-22(32)23(7-8-23)16-11-27-20(29-19(16)24)18-15-9-14(25)10-28-21(15)31(30-18)12-13-5-3-4-6-17(13)26/h3-6,9-11H,2,7-8,12H2,1H3. The molecule has 1 aromatic carbocycles. The number of ether oxygens (including phenoxy) is 1. The molecular weight excluding hydrogens is 452 g/mol. The highest BCUT2D eigenvalue weighted by Gasteiger charge is 2.54. The highest BCUT2D eigenvalue weighted by molar-refractivity contribution is 6.30. The molecule has 33 heavy (non-hydrogen) atoms. The van der Waals surface area contributed by atoms with Crippen molar-refractivity contribution in [1.82, 2.24) is 24.7 Å². The fourth-order valence-electron chi connectivity index (χ4n) is 3.87. The lowest BCUT2D eigenvalue weighted by atomic mass is 9.99. The Bertz CT molecular complexity index is 1390. The van der Waals surface area contributed by atoms with E-state index in [1.54, 1.807) is 25.1 Å². The molecule has 1 aliphatic rings. The minimum atomic E-state index is -0.828. The van der Waals surface area contributed by atoms with E-state index in [0.717, 1.165) is 6.20 Å². The van der Waals surface area contributed by atoms with Gasteiger partial charge in [-0.1, -0.05) is 29.8 Å². The first-order chi connectivity index (χ1) is 15.9. The predicted molar refractivity (Wildman–Crippen MR) is 117 cm³/mol. The molecule has 0 spiro atoms. The van der Waals surface area contributed by atoms with E-state index in [0.29, 0.717) is 35.0 Å². The third-order valence-electron chi connectivity index (χ3n) is 5.72. The van der Waals surface area contributed by atoms with Crippen LogP contribution in [0.2, 0.25) is 5.15 Å². The van der Waals surface area contributed by atoms with E-state index >= 15 is 0 Å². The van der Waals surface area contributed by atoms with E-state index in [-0.39, 0.29) is 41.6 Å². The number of aromatic nitrogens is 5. The van der Waals surface area contributed by atoms with Gasteiger partial charge in [-0.15, -0.1) is 0 Å². The van der Waals surface area contributed by atoms with Crippen molar-refractivity contribution in [1.29, 1.82) is 0 Å². The molecule has 168 valence electrons. The summed E-state index contributed by atoms with van der Waals surface area (Å²) in [7, 11) is 0. The topological polar surface area (TPSA) is 82.8 Å². The van der Waals surface area contributed by atoms with Gasteiger partial charge in [-0.05, 0) is 31.9 Å². The lowest BCUT2D eigenvalue weighted by molar-refractivity contribution is -0.146. The molecule has 1 fully saturated rings. The van der Waals surface area contributed by atoms with E-state index in [1.165, 1.54) is 23.0 Å². The van der Waals surface area contributed by atoms with Crippen molar-refractivity contribution in [3.05, 3.63) is 70.6 Å². The van der Waals surface area contributed by atoms with Crippen LogP contribution in [0.15, 0.2) is 42.7 Å². The number of fused-ring (bicyclic) bond motifs is 1. The van der Waals surface area contributed by atoms with Crippen LogP contribution in [0, 0.1) is 11.6 Å². The number of carbonyl (C=O) groups is 1. The number of rotatable bonds is 6. The van der Waals surface area contributed by atoms with Gasteiger partial charge in [-0.2, -0.15) is 5.10 Å². The molecule has 1 aliphatic carbocycles. The van der Waals surface area contributed by atoms with Crippen LogP contribution in [-0.2, 0) is 21.5 Å². The molecule has 3 heterocycles. The first-order valence-corrected chi connectivity index (χ1v) is 10.8. The first kappa shape index (κ1) is 21.4. The Labute approximate surface area is 192 Å². The maximum absolute atomic E-state index is 14.2. The molecule has 0 unspecified atom stereocenters. The SMILES string of the molecule is CCOC(=O)C1(c2cnc(-c3nn(Cc4ccccc4F)c4ncc(F)cc34)nc2Cl)CC1. The van der Waals surface area contributed by atoms with Gasteiger partial charge >= 0.3 is 5.97 Å². The van der Waals surface area contributed by atoms with Crippen molar-refractivity contribution in [3.8, 4) is 11.5 Å². The lowest BCUT2D eigenvalue weighted by Crippen LogP contribution is -2.24. The molecule has 5 rings (SSSR count). The normalized spacial score (nSPS) is 14.4. The molecular formula is C23H18ClF2N5O2. The molecule has 0 atom stereocenters. The van der Waals surface area contributed by atoms with Crippen molar-refractivity contribution in [2.75, 3.05) is 6.61 Å². The van der Waals surface area contributed by atoms with Crippen molar-refractivity contribution in [2.24, 2.45) is 0 Å². The predicted octanol–water partition coefficient (Wildman–Crippen LogP) is 4.46. The molecule has 0 bridgehead atoms. The molecule has 0 aliphatic heterocycles. The Kier molecular flexibility index (Phi) is 5.28. The van der Waals surface area contributed by atoms with Gasteiger partial charge in [0.15, 0.2) is 11.5 Å². The van der Waals surface area contributed by atoms with Gasteiger partial charge in [0.1, 0.15) is 22.5 Å². The third-order valence-corrected chi connectivity index (χ3v) is 6.01. The van der Waals surface area contributed by atoms with Gasteiger partial charge in [-0.3, -0.25) is 4.79 Å². The summed E-state index contributed by atoms with van der Waals surface area (Å²) in [6, 6.07) is 7.58. The largest absolute Gasteiger partial charge is 0.465 e. The number of pyridine rings is 1. The van der Waals surface area contributed by atoms with E-state index < -0.39 is 11.2 Å². The van der Waals surface area contributed by atoms with E-state index in [2.05, 4.69) is 20.1 Å². The first-order valence-electron chi connectivity index (χ1n) is 10.4. The average Bonchev–Trinajstić information content (AvgIpc) is 3.53. The second-order valence-corrected chi connectivity index (χ2v) is 8.18. The van der Waals surface area contributed by atoms with Crippen LogP contribution in [0.25, 0.3) is 22.6 Å². The smallest absolute Gasteiger partial charge is 0.316 e. The second-order valence-electron chi connectivity index (χ2n) is 7.82. The number of halogens is 3. The molecule has 4 aromatic rings. The Morgan fingerprint density at radius 2 is 2.00 bits per heavy atom. The summed E-state index contributed by atoms with van der Waals surface area (Å²) in [5.41, 5.74) is 0.669. The van der Waals surface area contributed by atoms with E-state index in [1.807, 2.05) is 0 Å². The number of carbonyl (C=O) groups excluding carboxylic acids is 1. The minimum absolute atomic E-state index is 0.0829. The van der Waals surface area contributed by atoms with Gasteiger partial charge in [0.2, 0.25) is 0 Å². The van der Waals surface area contributed by atoms with Crippen LogP contribution >= 0.6 is 11.6 Å². The van der Waals surface area contributed by atoms with Crippen LogP contribution < -0.4 is 0 Å². The molecule has 0 radical (unpaired) electrons. The summed E-state index contributed by atoms with van der Waals surface area (Å²) in [5, 5.41) is 4.96. The molecule has 1 saturated carbocycles. The van der Waals surface area contributed by atoms with Crippen LogP contribution in [0.3, 0.4) is 0 Å². The van der Waals surface area contributed by atoms with Gasteiger partial charge in [-0.25, -0.2) is 28.4 Å². The van der Waals surface area contributed by atoms with Crippen LogP contribution in [-0.4, -0.2) is 37.3 Å². The van der Waals surface area contributed by atoms with Gasteiger partial charge in [0, 0.05) is 17.3 Å². The summed E-state index contributed by atoms with van der Waals surface area (Å²) >= 11 is 6.46. The third kappa shape index (κ3) is 3.72. The maximum atomic E-state index is 14.2. The van der Waals surface area contributed by atoms with Crippen molar-refractivity contribution in [2.45, 2.75) is 31.7 Å². The Morgan fingerprint density at radius 3 is 2.70 bits per heavy atom. The van der Waals surface area contributed by atoms with Crippen LogP contribution in [0.4, 0.5) is 8.78 Å². The summed E-state index contributed by atoms with van der Waals surface area (Å²) in [4.78, 5) is 25.3. The highest BCUT2D eigenvalue weighted by atomic mass is 35.5. The fourth-order valence-corrected chi connectivity index (χ4v) is 4.18. The number of nitrogens with zero attached hydrogens (tertiary/aromatic N) is 5. The molecule has 7 nitrogen and oxygen atoms in total. The van der Waals surface area contributed by atoms with Gasteiger partial charge < -0.3 is 4.74 Å². The van der Waals surface area contributed by atoms with Crippen LogP contribution in [0.1, 0.15) is 30.9 Å². The Hall–Kier alpha value is -3.46. The highest BCUT2D eigenvalue weighted by Crippen LogP contribution is 2.51. The molecule has 0 amide bonds. The molecule has 3 aromatic heterocycles. The van der Waals surface area contributed by atoms with Gasteiger partial charge in [0.05, 0.1) is 30.1 Å². The fraction of sp³-hybridized carbons (Fsp3) is 0.261. The number of hydrogen-bond acceptors (Lipinski definition) is 6. The average molecular weight is 470 g/mol. The van der Waals surface area contributed by atoms with Crippen LogP contribution in [0.5, 0.6) is 0 Å². The molecule has 0 saturated heterocycles. The summed E-state index contributed by atoms with van der Waals surface area (Å²) in [5.74, 6) is -1.15. The second kappa shape index (κ2) is 8.15. The van der Waals surface area contributed by atoms with E-state index in [4.69, 9.17) is 16.3 Å². The molecule has 0 N–H and O–H groups in total. The number of esters is 1. The van der Waals surface area contributed by atoms with Crippen molar-refractivity contribution in [3.63, 3.8) is 0 Å². The zero-order valence-corrected chi connectivity index (χ0v) is 18.3. The Morgan fingerprint density at radius 1 is 1.21 bits per heavy atom. The van der Waals surface area contributed by atoms with E-state index in [9.17, 15) is 13.6 Å². The van der Waals surface area contributed by atoms with Gasteiger partial charge in [0.25, 0.3) is 0 Å². The monoisotopic (exact) mass is 469 g/mol. The molecule has 10 heteroatoms. The van der Waals surface area contributed by atoms with Crippen molar-refractivity contribution >= 4 is 28.6 Å². The number of benzene rings is 1. The zero-order chi connectivity index (χ0) is 23.2. The number of hydrogen-bond donors (Lipinski definition) is 0. The quantitative estimate of drug-likeness (QED) is 0.306.